The second kappa shape index (κ2) is 19.1. The highest BCUT2D eigenvalue weighted by molar-refractivity contribution is 4.46. The first-order valence-corrected chi connectivity index (χ1v) is 6.32. The molecule has 0 aliphatic rings. The van der Waals surface area contributed by atoms with Gasteiger partial charge in [-0.2, -0.15) is 0 Å². The molecule has 1 atom stereocenters. The molecule has 112 valence electrons. The van der Waals surface area contributed by atoms with Crippen molar-refractivity contribution in [1.82, 2.24) is 0 Å². The minimum Gasteiger partial charge on any atom is -0.394 e. The molecule has 0 bridgehead atoms. The fourth-order valence-corrected chi connectivity index (χ4v) is 0.927. The fraction of sp³-hybridized carbons (Fsp3) is 1.00. The lowest BCUT2D eigenvalue weighted by atomic mass is 10.4. The number of aliphatic hydroxyl groups excluding tert-OH is 3. The van der Waals surface area contributed by atoms with E-state index >= 15 is 0 Å². The Hall–Kier alpha value is -0.240. The molecular weight excluding hydrogens is 240 g/mol. The van der Waals surface area contributed by atoms with Gasteiger partial charge in [0, 0.05) is 6.61 Å². The van der Waals surface area contributed by atoms with Gasteiger partial charge in [-0.25, -0.2) is 0 Å². The van der Waals surface area contributed by atoms with Crippen LogP contribution in [0, 0.1) is 0 Å². The average Bonchev–Trinajstić information content (AvgIpc) is 2.38. The van der Waals surface area contributed by atoms with E-state index in [-0.39, 0.29) is 25.9 Å². The molecule has 0 aromatic carbocycles. The van der Waals surface area contributed by atoms with Crippen LogP contribution >= 0.6 is 0 Å². The van der Waals surface area contributed by atoms with Crippen molar-refractivity contribution in [2.75, 3.05) is 52.9 Å². The van der Waals surface area contributed by atoms with Gasteiger partial charge in [0.25, 0.3) is 0 Å². The van der Waals surface area contributed by atoms with E-state index in [4.69, 9.17) is 29.5 Å². The van der Waals surface area contributed by atoms with Crippen molar-refractivity contribution in [3.05, 3.63) is 0 Å². The van der Waals surface area contributed by atoms with E-state index in [0.29, 0.717) is 26.4 Å². The van der Waals surface area contributed by atoms with Gasteiger partial charge in [0.05, 0.1) is 52.4 Å². The normalized spacial score (nSPS) is 11.8. The third kappa shape index (κ3) is 21.1. The molecular formula is C12H28O6. The van der Waals surface area contributed by atoms with Crippen LogP contribution in [0.3, 0.4) is 0 Å². The molecule has 0 heterocycles. The Bertz CT molecular complexity index is 130. The van der Waals surface area contributed by atoms with E-state index in [2.05, 4.69) is 0 Å². The highest BCUT2D eigenvalue weighted by Crippen LogP contribution is 1.90. The molecule has 0 radical (unpaired) electrons. The summed E-state index contributed by atoms with van der Waals surface area (Å²) in [6.45, 7) is 6.48. The van der Waals surface area contributed by atoms with Gasteiger partial charge in [0.15, 0.2) is 0 Å². The van der Waals surface area contributed by atoms with Crippen LogP contribution < -0.4 is 0 Å². The Morgan fingerprint density at radius 3 is 1.89 bits per heavy atom. The zero-order valence-electron chi connectivity index (χ0n) is 11.5. The van der Waals surface area contributed by atoms with E-state index in [9.17, 15) is 0 Å². The lowest BCUT2D eigenvalue weighted by Crippen LogP contribution is -2.18. The Balaban J connectivity index is 0. The number of aliphatic hydroxyl groups is 3. The topological polar surface area (TPSA) is 88.4 Å². The molecule has 0 amide bonds. The van der Waals surface area contributed by atoms with Crippen LogP contribution in [0.15, 0.2) is 0 Å². The van der Waals surface area contributed by atoms with Gasteiger partial charge in [-0.15, -0.1) is 0 Å². The Morgan fingerprint density at radius 2 is 1.39 bits per heavy atom. The Morgan fingerprint density at radius 1 is 0.833 bits per heavy atom. The van der Waals surface area contributed by atoms with Crippen molar-refractivity contribution in [2.45, 2.75) is 26.4 Å². The number of ether oxygens (including phenoxy) is 3. The third-order valence-corrected chi connectivity index (χ3v) is 1.67. The first kappa shape index (κ1) is 20.1. The van der Waals surface area contributed by atoms with Crippen LogP contribution in [0.1, 0.15) is 20.3 Å². The number of hydrogen-bond acceptors (Lipinski definition) is 6. The van der Waals surface area contributed by atoms with Crippen molar-refractivity contribution < 1.29 is 29.5 Å². The summed E-state index contributed by atoms with van der Waals surface area (Å²) in [6.07, 6.45) is 1.01. The van der Waals surface area contributed by atoms with E-state index < -0.39 is 0 Å². The molecule has 0 aromatic rings. The molecule has 0 saturated carbocycles. The first-order valence-electron chi connectivity index (χ1n) is 6.32. The molecule has 0 aliphatic heterocycles. The van der Waals surface area contributed by atoms with Crippen LogP contribution in [0.5, 0.6) is 0 Å². The summed E-state index contributed by atoms with van der Waals surface area (Å²) in [4.78, 5) is 0. The van der Waals surface area contributed by atoms with Crippen LogP contribution in [0.4, 0.5) is 0 Å². The minimum atomic E-state index is -0.0197. The molecule has 0 rings (SSSR count). The summed E-state index contributed by atoms with van der Waals surface area (Å²) in [5, 5.41) is 24.9. The number of rotatable bonds is 11. The molecule has 0 aliphatic carbocycles. The van der Waals surface area contributed by atoms with Crippen molar-refractivity contribution in [1.29, 1.82) is 0 Å². The lowest BCUT2D eigenvalue weighted by Gasteiger charge is -2.11. The van der Waals surface area contributed by atoms with Gasteiger partial charge >= 0.3 is 0 Å². The van der Waals surface area contributed by atoms with Crippen LogP contribution in [-0.2, 0) is 14.2 Å². The second-order valence-electron chi connectivity index (χ2n) is 3.54. The van der Waals surface area contributed by atoms with E-state index in [1.165, 1.54) is 0 Å². The van der Waals surface area contributed by atoms with Gasteiger partial charge in [0.1, 0.15) is 0 Å². The highest BCUT2D eigenvalue weighted by Gasteiger charge is 2.00. The summed E-state index contributed by atoms with van der Waals surface area (Å²) in [7, 11) is 0. The van der Waals surface area contributed by atoms with E-state index in [1.807, 2.05) is 13.8 Å². The predicted molar refractivity (Wildman–Crippen MR) is 68.6 cm³/mol. The highest BCUT2D eigenvalue weighted by atomic mass is 16.5. The average molecular weight is 268 g/mol. The smallest absolute Gasteiger partial charge is 0.0781 e. The summed E-state index contributed by atoms with van der Waals surface area (Å²) in [5.41, 5.74) is 0. The van der Waals surface area contributed by atoms with Crippen molar-refractivity contribution in [3.63, 3.8) is 0 Å². The summed E-state index contributed by atoms with van der Waals surface area (Å²) in [6, 6.07) is 0. The molecule has 3 N–H and O–H groups in total. The van der Waals surface area contributed by atoms with E-state index in [0.717, 1.165) is 13.0 Å². The lowest BCUT2D eigenvalue weighted by molar-refractivity contribution is -0.0246. The van der Waals surface area contributed by atoms with Crippen molar-refractivity contribution >= 4 is 0 Å². The molecule has 0 fully saturated rings. The molecule has 1 unspecified atom stereocenters. The Kier molecular flexibility index (Phi) is 21.3. The Labute approximate surface area is 109 Å². The zero-order valence-corrected chi connectivity index (χ0v) is 11.5. The maximum absolute atomic E-state index is 8.38. The molecule has 18 heavy (non-hydrogen) atoms. The van der Waals surface area contributed by atoms with Gasteiger partial charge in [-0.1, -0.05) is 6.92 Å². The molecule has 0 saturated heterocycles. The number of hydrogen-bond donors (Lipinski definition) is 3. The quantitative estimate of drug-likeness (QED) is 0.450. The van der Waals surface area contributed by atoms with Gasteiger partial charge < -0.3 is 29.5 Å². The monoisotopic (exact) mass is 268 g/mol. The molecule has 0 spiro atoms. The minimum absolute atomic E-state index is 0.0197. The van der Waals surface area contributed by atoms with Crippen LogP contribution in [0.25, 0.3) is 0 Å². The summed E-state index contributed by atoms with van der Waals surface area (Å²) >= 11 is 0. The fourth-order valence-electron chi connectivity index (χ4n) is 0.927. The molecule has 0 aromatic heterocycles. The first-order chi connectivity index (χ1) is 8.72. The maximum atomic E-state index is 8.38. The second-order valence-corrected chi connectivity index (χ2v) is 3.54. The van der Waals surface area contributed by atoms with Crippen LogP contribution in [-0.4, -0.2) is 74.3 Å². The van der Waals surface area contributed by atoms with E-state index in [1.54, 1.807) is 0 Å². The van der Waals surface area contributed by atoms with Crippen molar-refractivity contribution in [2.24, 2.45) is 0 Å². The SMILES string of the molecule is CC(COCCO)OCCO.CCCOCCO. The maximum Gasteiger partial charge on any atom is 0.0781 e. The summed E-state index contributed by atoms with van der Waals surface area (Å²) in [5.74, 6) is 0. The standard InChI is InChI=1S/C7H16O4.C5H12O2/c1-7(11-5-3-9)6-10-4-2-8;1-2-4-7-5-3-6/h7-9H,2-6H2,1H3;6H,2-5H2,1H3. The third-order valence-electron chi connectivity index (χ3n) is 1.67. The summed E-state index contributed by atoms with van der Waals surface area (Å²) < 4.78 is 14.9. The molecule has 6 nitrogen and oxygen atoms in total. The van der Waals surface area contributed by atoms with Gasteiger partial charge in [0.2, 0.25) is 0 Å². The van der Waals surface area contributed by atoms with Gasteiger partial charge in [-0.05, 0) is 13.3 Å². The predicted octanol–water partition coefficient (Wildman–Crippen LogP) is -0.202. The van der Waals surface area contributed by atoms with Crippen LogP contribution in [0.2, 0.25) is 0 Å². The molecule has 6 heteroatoms. The van der Waals surface area contributed by atoms with Gasteiger partial charge in [-0.3, -0.25) is 0 Å². The zero-order chi connectivity index (χ0) is 14.1. The van der Waals surface area contributed by atoms with Crippen molar-refractivity contribution in [3.8, 4) is 0 Å². The largest absolute Gasteiger partial charge is 0.394 e.